The number of hydrogen-bond acceptors (Lipinski definition) is 2. The van der Waals surface area contributed by atoms with E-state index in [4.69, 9.17) is 5.41 Å². The second-order valence-corrected chi connectivity index (χ2v) is 8.52. The molecule has 2 unspecified atom stereocenters. The van der Waals surface area contributed by atoms with E-state index in [9.17, 15) is 5.11 Å². The van der Waals surface area contributed by atoms with Crippen LogP contribution in [0.25, 0.3) is 0 Å². The van der Waals surface area contributed by atoms with Gasteiger partial charge < -0.3 is 10.5 Å². The van der Waals surface area contributed by atoms with Gasteiger partial charge in [-0.3, -0.25) is 0 Å². The predicted octanol–water partition coefficient (Wildman–Crippen LogP) is 4.90. The molecule has 2 atom stereocenters. The Hall–Kier alpha value is -0.370. The van der Waals surface area contributed by atoms with Crippen molar-refractivity contribution in [2.75, 3.05) is 0 Å². The Labute approximate surface area is 120 Å². The molecule has 0 saturated carbocycles. The van der Waals surface area contributed by atoms with Gasteiger partial charge in [0.05, 0.1) is 6.10 Å². The lowest BCUT2D eigenvalue weighted by Crippen LogP contribution is -2.35. The summed E-state index contributed by atoms with van der Waals surface area (Å²) in [6.45, 7) is 17.4. The zero-order valence-corrected chi connectivity index (χ0v) is 14.3. The standard InChI is InChI=1S/C17H35NO/c1-12(2)14(18)11-15(19)13(17(6,7)8)9-10-16(3,4)5/h12-13,15,18-19H,9-11H2,1-8H3. The molecule has 2 N–H and O–H groups in total. The van der Waals surface area contributed by atoms with Crippen LogP contribution in [0.1, 0.15) is 74.7 Å². The van der Waals surface area contributed by atoms with Crippen LogP contribution in [-0.4, -0.2) is 16.9 Å². The molecule has 0 aromatic rings. The van der Waals surface area contributed by atoms with Crippen molar-refractivity contribution in [2.24, 2.45) is 22.7 Å². The van der Waals surface area contributed by atoms with Crippen LogP contribution in [0, 0.1) is 28.1 Å². The van der Waals surface area contributed by atoms with Crippen molar-refractivity contribution in [1.82, 2.24) is 0 Å². The topological polar surface area (TPSA) is 44.1 Å². The van der Waals surface area contributed by atoms with Crippen LogP contribution in [0.3, 0.4) is 0 Å². The molecule has 114 valence electrons. The first kappa shape index (κ1) is 18.6. The molecule has 0 aromatic carbocycles. The van der Waals surface area contributed by atoms with E-state index in [2.05, 4.69) is 41.5 Å². The van der Waals surface area contributed by atoms with Crippen molar-refractivity contribution in [1.29, 1.82) is 5.41 Å². The van der Waals surface area contributed by atoms with E-state index < -0.39 is 6.10 Å². The van der Waals surface area contributed by atoms with Crippen LogP contribution in [0.2, 0.25) is 0 Å². The van der Waals surface area contributed by atoms with Crippen molar-refractivity contribution >= 4 is 5.71 Å². The number of hydrogen-bond donors (Lipinski definition) is 2. The lowest BCUT2D eigenvalue weighted by molar-refractivity contribution is 0.0347. The summed E-state index contributed by atoms with van der Waals surface area (Å²) in [7, 11) is 0. The van der Waals surface area contributed by atoms with E-state index >= 15 is 0 Å². The molecule has 0 aliphatic heterocycles. The van der Waals surface area contributed by atoms with Crippen molar-refractivity contribution in [3.05, 3.63) is 0 Å². The minimum absolute atomic E-state index is 0.0852. The number of aliphatic hydroxyl groups excluding tert-OH is 1. The lowest BCUT2D eigenvalue weighted by Gasteiger charge is -2.36. The van der Waals surface area contributed by atoms with Gasteiger partial charge in [-0.25, -0.2) is 0 Å². The summed E-state index contributed by atoms with van der Waals surface area (Å²) < 4.78 is 0. The smallest absolute Gasteiger partial charge is 0.0625 e. The average Bonchev–Trinajstić information content (AvgIpc) is 2.12. The Morgan fingerprint density at radius 2 is 1.53 bits per heavy atom. The van der Waals surface area contributed by atoms with Gasteiger partial charge in [-0.2, -0.15) is 0 Å². The van der Waals surface area contributed by atoms with Crippen LogP contribution >= 0.6 is 0 Å². The molecule has 0 spiro atoms. The summed E-state index contributed by atoms with van der Waals surface area (Å²) in [6.07, 6.45) is 2.27. The normalized spacial score (nSPS) is 16.5. The van der Waals surface area contributed by atoms with Gasteiger partial charge in [-0.05, 0) is 35.5 Å². The number of rotatable bonds is 6. The maximum Gasteiger partial charge on any atom is 0.0625 e. The first-order chi connectivity index (χ1) is 8.34. The van der Waals surface area contributed by atoms with Crippen LogP contribution in [0.5, 0.6) is 0 Å². The molecule has 0 amide bonds. The van der Waals surface area contributed by atoms with E-state index in [0.29, 0.717) is 17.5 Å². The van der Waals surface area contributed by atoms with Gasteiger partial charge in [0.1, 0.15) is 0 Å². The molecular formula is C17H35NO. The molecule has 0 saturated heterocycles. The maximum atomic E-state index is 10.5. The van der Waals surface area contributed by atoms with Gasteiger partial charge in [0, 0.05) is 12.1 Å². The Morgan fingerprint density at radius 3 is 1.84 bits per heavy atom. The largest absolute Gasteiger partial charge is 0.392 e. The third-order valence-corrected chi connectivity index (χ3v) is 3.91. The van der Waals surface area contributed by atoms with Crippen molar-refractivity contribution < 1.29 is 5.11 Å². The quantitative estimate of drug-likeness (QED) is 0.662. The molecule has 2 nitrogen and oxygen atoms in total. The van der Waals surface area contributed by atoms with Gasteiger partial charge in [0.2, 0.25) is 0 Å². The fraction of sp³-hybridized carbons (Fsp3) is 0.941. The predicted molar refractivity (Wildman–Crippen MR) is 84.8 cm³/mol. The SMILES string of the molecule is CC(C)C(=N)CC(O)C(CCC(C)(C)C)C(C)(C)C. The highest BCUT2D eigenvalue weighted by molar-refractivity contribution is 5.83. The minimum Gasteiger partial charge on any atom is -0.392 e. The molecule has 0 radical (unpaired) electrons. The summed E-state index contributed by atoms with van der Waals surface area (Å²) >= 11 is 0. The Kier molecular flexibility index (Phi) is 6.74. The van der Waals surface area contributed by atoms with Gasteiger partial charge >= 0.3 is 0 Å². The second kappa shape index (κ2) is 6.88. The van der Waals surface area contributed by atoms with Crippen LogP contribution < -0.4 is 0 Å². The molecular weight excluding hydrogens is 234 g/mol. The van der Waals surface area contributed by atoms with E-state index in [-0.39, 0.29) is 17.3 Å². The Balaban J connectivity index is 4.72. The minimum atomic E-state index is -0.391. The van der Waals surface area contributed by atoms with Crippen molar-refractivity contribution in [3.63, 3.8) is 0 Å². The molecule has 2 heteroatoms. The second-order valence-electron chi connectivity index (χ2n) is 8.52. The van der Waals surface area contributed by atoms with Gasteiger partial charge in [-0.1, -0.05) is 55.4 Å². The van der Waals surface area contributed by atoms with Gasteiger partial charge in [-0.15, -0.1) is 0 Å². The lowest BCUT2D eigenvalue weighted by atomic mass is 9.71. The zero-order valence-electron chi connectivity index (χ0n) is 14.3. The maximum absolute atomic E-state index is 10.5. The first-order valence-corrected chi connectivity index (χ1v) is 7.60. The molecule has 0 aliphatic rings. The summed E-state index contributed by atoms with van der Waals surface area (Å²) in [6, 6.07) is 0. The van der Waals surface area contributed by atoms with E-state index in [1.54, 1.807) is 0 Å². The highest BCUT2D eigenvalue weighted by atomic mass is 16.3. The van der Waals surface area contributed by atoms with Gasteiger partial charge in [0.25, 0.3) is 0 Å². The number of aliphatic hydroxyl groups is 1. The molecule has 0 aliphatic carbocycles. The monoisotopic (exact) mass is 269 g/mol. The summed E-state index contributed by atoms with van der Waals surface area (Å²) in [4.78, 5) is 0. The fourth-order valence-electron chi connectivity index (χ4n) is 2.39. The third-order valence-electron chi connectivity index (χ3n) is 3.91. The molecule has 0 heterocycles. The summed E-state index contributed by atoms with van der Waals surface area (Å²) in [5.41, 5.74) is 1.05. The van der Waals surface area contributed by atoms with Gasteiger partial charge in [0.15, 0.2) is 0 Å². The van der Waals surface area contributed by atoms with Crippen molar-refractivity contribution in [3.8, 4) is 0 Å². The van der Waals surface area contributed by atoms with E-state index in [0.717, 1.165) is 12.8 Å². The molecule has 0 rings (SSSR count). The Morgan fingerprint density at radius 1 is 1.05 bits per heavy atom. The highest BCUT2D eigenvalue weighted by Crippen LogP contribution is 2.37. The molecule has 0 bridgehead atoms. The average molecular weight is 269 g/mol. The highest BCUT2D eigenvalue weighted by Gasteiger charge is 2.32. The number of nitrogens with one attached hydrogen (secondary N) is 1. The van der Waals surface area contributed by atoms with E-state index in [1.807, 2.05) is 13.8 Å². The summed E-state index contributed by atoms with van der Waals surface area (Å²) in [5, 5.41) is 18.5. The van der Waals surface area contributed by atoms with E-state index in [1.165, 1.54) is 0 Å². The molecule has 19 heavy (non-hydrogen) atoms. The third kappa shape index (κ3) is 7.71. The van der Waals surface area contributed by atoms with Crippen molar-refractivity contribution in [2.45, 2.75) is 80.8 Å². The molecule has 0 aromatic heterocycles. The summed E-state index contributed by atoms with van der Waals surface area (Å²) in [5.74, 6) is 0.490. The van der Waals surface area contributed by atoms with Crippen LogP contribution in [-0.2, 0) is 0 Å². The van der Waals surface area contributed by atoms with Crippen LogP contribution in [0.4, 0.5) is 0 Å². The Bertz CT molecular complexity index is 281. The zero-order chi connectivity index (χ0) is 15.4. The first-order valence-electron chi connectivity index (χ1n) is 7.60. The fourth-order valence-corrected chi connectivity index (χ4v) is 2.39. The van der Waals surface area contributed by atoms with Crippen LogP contribution in [0.15, 0.2) is 0 Å². The molecule has 0 fully saturated rings.